The van der Waals surface area contributed by atoms with Gasteiger partial charge in [0.05, 0.1) is 6.54 Å². The van der Waals surface area contributed by atoms with Crippen LogP contribution < -0.4 is 0 Å². The lowest BCUT2D eigenvalue weighted by Gasteiger charge is -2.25. The van der Waals surface area contributed by atoms with Gasteiger partial charge in [-0.2, -0.15) is 0 Å². The second-order valence-electron chi connectivity index (χ2n) is 5.14. The second kappa shape index (κ2) is 6.01. The fourth-order valence-corrected chi connectivity index (χ4v) is 2.49. The smallest absolute Gasteiger partial charge is 0.176 e. The van der Waals surface area contributed by atoms with Crippen LogP contribution in [-0.4, -0.2) is 34.9 Å². The summed E-state index contributed by atoms with van der Waals surface area (Å²) < 4.78 is 0. The first-order valence-electron chi connectivity index (χ1n) is 6.73. The summed E-state index contributed by atoms with van der Waals surface area (Å²) in [6.45, 7) is 3.71. The van der Waals surface area contributed by atoms with E-state index in [4.69, 9.17) is 0 Å². The van der Waals surface area contributed by atoms with Crippen molar-refractivity contribution in [2.24, 2.45) is 0 Å². The van der Waals surface area contributed by atoms with Gasteiger partial charge in [-0.25, -0.2) is 0 Å². The number of nitrogens with zero attached hydrogens (tertiary/aromatic N) is 1. The molecule has 0 spiro atoms. The molecule has 0 radical (unpaired) electrons. The van der Waals surface area contributed by atoms with Gasteiger partial charge < -0.3 is 5.11 Å². The summed E-state index contributed by atoms with van der Waals surface area (Å²) in [7, 11) is 0. The molecule has 0 aromatic heterocycles. The van der Waals surface area contributed by atoms with E-state index in [0.717, 1.165) is 6.54 Å². The van der Waals surface area contributed by atoms with Crippen LogP contribution in [-0.2, 0) is 0 Å². The largest absolute Gasteiger partial charge is 0.508 e. The van der Waals surface area contributed by atoms with Crippen molar-refractivity contribution in [3.63, 3.8) is 0 Å². The minimum atomic E-state index is 0.142. The quantitative estimate of drug-likeness (QED) is 0.835. The standard InChI is InChI=1S/C15H21NO2/c1-12-5-3-2-4-10-16(12)11-15(18)13-6-8-14(17)9-7-13/h6-9,12,17H,2-5,10-11H2,1H3. The fraction of sp³-hybridized carbons (Fsp3) is 0.533. The van der Waals surface area contributed by atoms with E-state index in [1.54, 1.807) is 24.3 Å². The number of ketones is 1. The molecule has 98 valence electrons. The van der Waals surface area contributed by atoms with Gasteiger partial charge in [0.1, 0.15) is 5.75 Å². The van der Waals surface area contributed by atoms with E-state index in [1.165, 1.54) is 25.7 Å². The zero-order valence-electron chi connectivity index (χ0n) is 10.9. The first-order chi connectivity index (χ1) is 8.66. The van der Waals surface area contributed by atoms with Crippen LogP contribution in [0.1, 0.15) is 43.0 Å². The van der Waals surface area contributed by atoms with Gasteiger partial charge in [0.2, 0.25) is 0 Å². The Hall–Kier alpha value is -1.35. The Labute approximate surface area is 108 Å². The number of carbonyl (C=O) groups excluding carboxylic acids is 1. The lowest BCUT2D eigenvalue weighted by Crippen LogP contribution is -2.37. The van der Waals surface area contributed by atoms with E-state index in [-0.39, 0.29) is 11.5 Å². The highest BCUT2D eigenvalue weighted by Crippen LogP contribution is 2.17. The number of phenols is 1. The Morgan fingerprint density at radius 1 is 1.28 bits per heavy atom. The number of hydrogen-bond acceptors (Lipinski definition) is 3. The van der Waals surface area contributed by atoms with Crippen LogP contribution in [0.2, 0.25) is 0 Å². The molecule has 1 saturated heterocycles. The van der Waals surface area contributed by atoms with Gasteiger partial charge in [-0.3, -0.25) is 9.69 Å². The fourth-order valence-electron chi connectivity index (χ4n) is 2.49. The predicted octanol–water partition coefficient (Wildman–Crippen LogP) is 2.84. The maximum atomic E-state index is 12.2. The second-order valence-corrected chi connectivity index (χ2v) is 5.14. The van der Waals surface area contributed by atoms with Crippen molar-refractivity contribution >= 4 is 5.78 Å². The maximum Gasteiger partial charge on any atom is 0.176 e. The molecule has 3 nitrogen and oxygen atoms in total. The molecule has 0 saturated carbocycles. The van der Waals surface area contributed by atoms with Crippen molar-refractivity contribution in [2.45, 2.75) is 38.6 Å². The number of phenolic OH excluding ortho intramolecular Hbond substituents is 1. The van der Waals surface area contributed by atoms with Crippen LogP contribution in [0.5, 0.6) is 5.75 Å². The van der Waals surface area contributed by atoms with E-state index in [9.17, 15) is 9.90 Å². The normalized spacial score (nSPS) is 21.5. The molecular formula is C15H21NO2. The highest BCUT2D eigenvalue weighted by atomic mass is 16.3. The molecule has 2 rings (SSSR count). The van der Waals surface area contributed by atoms with Crippen LogP contribution in [0.25, 0.3) is 0 Å². The predicted molar refractivity (Wildman–Crippen MR) is 71.9 cm³/mol. The Balaban J connectivity index is 1.99. The molecule has 18 heavy (non-hydrogen) atoms. The summed E-state index contributed by atoms with van der Waals surface area (Å²) in [5.41, 5.74) is 0.684. The molecule has 3 heteroatoms. The van der Waals surface area contributed by atoms with Crippen molar-refractivity contribution < 1.29 is 9.90 Å². The molecule has 1 aromatic carbocycles. The highest BCUT2D eigenvalue weighted by Gasteiger charge is 2.19. The molecule has 1 heterocycles. The average Bonchev–Trinajstić information content (AvgIpc) is 2.56. The number of benzene rings is 1. The Morgan fingerprint density at radius 3 is 2.72 bits per heavy atom. The molecule has 0 amide bonds. The molecule has 0 bridgehead atoms. The number of likely N-dealkylation sites (tertiary alicyclic amines) is 1. The van der Waals surface area contributed by atoms with Crippen molar-refractivity contribution in [3.05, 3.63) is 29.8 Å². The van der Waals surface area contributed by atoms with Gasteiger partial charge in [0, 0.05) is 11.6 Å². The van der Waals surface area contributed by atoms with Crippen LogP contribution in [0.3, 0.4) is 0 Å². The summed E-state index contributed by atoms with van der Waals surface area (Å²) >= 11 is 0. The lowest BCUT2D eigenvalue weighted by atomic mass is 10.1. The highest BCUT2D eigenvalue weighted by molar-refractivity contribution is 5.97. The number of carbonyl (C=O) groups is 1. The van der Waals surface area contributed by atoms with E-state index >= 15 is 0 Å². The first kappa shape index (κ1) is 13.1. The van der Waals surface area contributed by atoms with Gasteiger partial charge in [-0.1, -0.05) is 12.8 Å². The number of rotatable bonds is 3. The third-order valence-corrected chi connectivity index (χ3v) is 3.73. The van der Waals surface area contributed by atoms with Crippen molar-refractivity contribution in [3.8, 4) is 5.75 Å². The lowest BCUT2D eigenvalue weighted by molar-refractivity contribution is 0.0901. The zero-order valence-corrected chi connectivity index (χ0v) is 10.9. The van der Waals surface area contributed by atoms with E-state index < -0.39 is 0 Å². The van der Waals surface area contributed by atoms with Crippen LogP contribution >= 0.6 is 0 Å². The zero-order chi connectivity index (χ0) is 13.0. The SMILES string of the molecule is CC1CCCCCN1CC(=O)c1ccc(O)cc1. The third-order valence-electron chi connectivity index (χ3n) is 3.73. The molecule has 1 unspecified atom stereocenters. The molecule has 1 atom stereocenters. The maximum absolute atomic E-state index is 12.2. The van der Waals surface area contributed by atoms with Gasteiger partial charge in [0.25, 0.3) is 0 Å². The Kier molecular flexibility index (Phi) is 4.37. The van der Waals surface area contributed by atoms with Gasteiger partial charge >= 0.3 is 0 Å². The van der Waals surface area contributed by atoms with Crippen LogP contribution in [0.4, 0.5) is 0 Å². The van der Waals surface area contributed by atoms with Crippen molar-refractivity contribution in [1.29, 1.82) is 0 Å². The summed E-state index contributed by atoms with van der Waals surface area (Å²) in [6.07, 6.45) is 4.91. The third kappa shape index (κ3) is 3.33. The molecule has 1 aliphatic heterocycles. The monoisotopic (exact) mass is 247 g/mol. The molecule has 0 aliphatic carbocycles. The first-order valence-corrected chi connectivity index (χ1v) is 6.73. The number of aromatic hydroxyl groups is 1. The minimum absolute atomic E-state index is 0.142. The van der Waals surface area contributed by atoms with E-state index in [2.05, 4.69) is 11.8 Å². The van der Waals surface area contributed by atoms with Crippen molar-refractivity contribution in [2.75, 3.05) is 13.1 Å². The summed E-state index contributed by atoms with van der Waals surface area (Å²) in [6, 6.07) is 7.02. The van der Waals surface area contributed by atoms with Gasteiger partial charge in [-0.05, 0) is 50.6 Å². The van der Waals surface area contributed by atoms with Gasteiger partial charge in [0.15, 0.2) is 5.78 Å². The number of hydrogen-bond donors (Lipinski definition) is 1. The van der Waals surface area contributed by atoms with Crippen LogP contribution in [0, 0.1) is 0 Å². The average molecular weight is 247 g/mol. The minimum Gasteiger partial charge on any atom is -0.508 e. The van der Waals surface area contributed by atoms with E-state index in [1.807, 2.05) is 0 Å². The Bertz CT molecular complexity index is 399. The molecule has 1 N–H and O–H groups in total. The van der Waals surface area contributed by atoms with E-state index in [0.29, 0.717) is 18.2 Å². The summed E-state index contributed by atoms with van der Waals surface area (Å²) in [5.74, 6) is 0.346. The van der Waals surface area contributed by atoms with Gasteiger partial charge in [-0.15, -0.1) is 0 Å². The Morgan fingerprint density at radius 2 is 2.00 bits per heavy atom. The molecular weight excluding hydrogens is 226 g/mol. The van der Waals surface area contributed by atoms with Crippen molar-refractivity contribution in [1.82, 2.24) is 4.90 Å². The number of Topliss-reactive ketones (excluding diaryl/α,β-unsaturated/α-hetero) is 1. The summed E-state index contributed by atoms with van der Waals surface area (Å²) in [5, 5.41) is 9.22. The van der Waals surface area contributed by atoms with Crippen LogP contribution in [0.15, 0.2) is 24.3 Å². The topological polar surface area (TPSA) is 40.5 Å². The molecule has 1 aromatic rings. The summed E-state index contributed by atoms with van der Waals surface area (Å²) in [4.78, 5) is 14.4. The molecule has 1 aliphatic rings. The molecule has 1 fully saturated rings.